The predicted octanol–water partition coefficient (Wildman–Crippen LogP) is 4.95. The zero-order valence-electron chi connectivity index (χ0n) is 14.9. The molecule has 0 amide bonds. The SMILES string of the molecule is C1CCC(NC2CCCCC2)CC1.O=C(O)CCc1ccccc1. The molecule has 0 aliphatic heterocycles. The first-order valence-electron chi connectivity index (χ1n) is 9.76. The van der Waals surface area contributed by atoms with Crippen LogP contribution in [0.25, 0.3) is 0 Å². The van der Waals surface area contributed by atoms with Gasteiger partial charge < -0.3 is 10.4 Å². The first-order valence-corrected chi connectivity index (χ1v) is 9.76. The van der Waals surface area contributed by atoms with E-state index in [1.807, 2.05) is 30.3 Å². The van der Waals surface area contributed by atoms with Gasteiger partial charge in [-0.15, -0.1) is 0 Å². The molecule has 3 rings (SSSR count). The fourth-order valence-electron chi connectivity index (χ4n) is 3.77. The molecule has 0 spiro atoms. The molecular weight excluding hydrogens is 298 g/mol. The molecule has 2 fully saturated rings. The molecule has 1 aromatic carbocycles. The largest absolute Gasteiger partial charge is 0.481 e. The number of benzene rings is 1. The second kappa shape index (κ2) is 11.2. The van der Waals surface area contributed by atoms with Crippen LogP contribution < -0.4 is 5.32 Å². The molecule has 0 heterocycles. The molecule has 0 bridgehead atoms. The molecule has 2 N–H and O–H groups in total. The monoisotopic (exact) mass is 331 g/mol. The molecule has 0 atom stereocenters. The topological polar surface area (TPSA) is 49.3 Å². The molecule has 3 heteroatoms. The van der Waals surface area contributed by atoms with Gasteiger partial charge in [-0.1, -0.05) is 68.9 Å². The second-order valence-corrected chi connectivity index (χ2v) is 7.22. The van der Waals surface area contributed by atoms with E-state index < -0.39 is 5.97 Å². The lowest BCUT2D eigenvalue weighted by molar-refractivity contribution is -0.136. The summed E-state index contributed by atoms with van der Waals surface area (Å²) in [5, 5.41) is 12.2. The third kappa shape index (κ3) is 7.96. The molecule has 2 aliphatic carbocycles. The molecule has 0 unspecified atom stereocenters. The summed E-state index contributed by atoms with van der Waals surface area (Å²) in [6.07, 6.45) is 15.4. The fourth-order valence-corrected chi connectivity index (χ4v) is 3.77. The van der Waals surface area contributed by atoms with Gasteiger partial charge in [0.05, 0.1) is 0 Å². The van der Waals surface area contributed by atoms with Crippen molar-refractivity contribution in [1.82, 2.24) is 5.32 Å². The molecule has 1 aromatic rings. The van der Waals surface area contributed by atoms with Crippen LogP contribution in [0.15, 0.2) is 30.3 Å². The summed E-state index contributed by atoms with van der Waals surface area (Å²) < 4.78 is 0. The number of nitrogens with one attached hydrogen (secondary N) is 1. The Bertz CT molecular complexity index is 432. The zero-order valence-corrected chi connectivity index (χ0v) is 14.9. The van der Waals surface area contributed by atoms with E-state index in [1.165, 1.54) is 64.2 Å². The van der Waals surface area contributed by atoms with Crippen LogP contribution in [0.2, 0.25) is 0 Å². The van der Waals surface area contributed by atoms with Crippen LogP contribution in [-0.4, -0.2) is 23.2 Å². The molecule has 2 saturated carbocycles. The number of hydrogen-bond donors (Lipinski definition) is 2. The molecule has 134 valence electrons. The Morgan fingerprint density at radius 1 is 0.875 bits per heavy atom. The van der Waals surface area contributed by atoms with Crippen molar-refractivity contribution < 1.29 is 9.90 Å². The van der Waals surface area contributed by atoms with Gasteiger partial charge in [0, 0.05) is 18.5 Å². The third-order valence-corrected chi connectivity index (χ3v) is 5.15. The van der Waals surface area contributed by atoms with Crippen molar-refractivity contribution in [3.63, 3.8) is 0 Å². The minimum Gasteiger partial charge on any atom is -0.481 e. The van der Waals surface area contributed by atoms with Gasteiger partial charge in [-0.3, -0.25) is 4.79 Å². The van der Waals surface area contributed by atoms with Gasteiger partial charge in [0.25, 0.3) is 0 Å². The quantitative estimate of drug-likeness (QED) is 0.803. The summed E-state index contributed by atoms with van der Waals surface area (Å²) in [6, 6.07) is 11.4. The van der Waals surface area contributed by atoms with Crippen LogP contribution in [-0.2, 0) is 11.2 Å². The highest BCUT2D eigenvalue weighted by molar-refractivity contribution is 5.67. The van der Waals surface area contributed by atoms with E-state index in [2.05, 4.69) is 5.32 Å². The maximum absolute atomic E-state index is 10.2. The highest BCUT2D eigenvalue weighted by atomic mass is 16.4. The number of hydrogen-bond acceptors (Lipinski definition) is 2. The van der Waals surface area contributed by atoms with Crippen molar-refractivity contribution in [2.24, 2.45) is 0 Å². The Kier molecular flexibility index (Phi) is 8.90. The number of rotatable bonds is 5. The average Bonchev–Trinajstić information content (AvgIpc) is 2.63. The van der Waals surface area contributed by atoms with Crippen molar-refractivity contribution in [2.45, 2.75) is 89.1 Å². The summed E-state index contributed by atoms with van der Waals surface area (Å²) in [6.45, 7) is 0. The number of carboxylic acid groups (broad SMARTS) is 1. The summed E-state index contributed by atoms with van der Waals surface area (Å²) in [5.74, 6) is -0.742. The van der Waals surface area contributed by atoms with E-state index in [9.17, 15) is 4.79 Å². The van der Waals surface area contributed by atoms with E-state index in [4.69, 9.17) is 5.11 Å². The number of aliphatic carboxylic acids is 1. The Labute approximate surface area is 146 Å². The van der Waals surface area contributed by atoms with Crippen molar-refractivity contribution in [3.05, 3.63) is 35.9 Å². The summed E-state index contributed by atoms with van der Waals surface area (Å²) in [7, 11) is 0. The summed E-state index contributed by atoms with van der Waals surface area (Å²) in [4.78, 5) is 10.2. The Morgan fingerprint density at radius 2 is 1.38 bits per heavy atom. The van der Waals surface area contributed by atoms with Crippen molar-refractivity contribution >= 4 is 5.97 Å². The molecule has 0 saturated heterocycles. The van der Waals surface area contributed by atoms with E-state index in [1.54, 1.807) is 0 Å². The van der Waals surface area contributed by atoms with Gasteiger partial charge in [0.1, 0.15) is 0 Å². The first-order chi connectivity index (χ1) is 11.7. The van der Waals surface area contributed by atoms with Gasteiger partial charge in [-0.05, 0) is 37.7 Å². The second-order valence-electron chi connectivity index (χ2n) is 7.22. The van der Waals surface area contributed by atoms with Gasteiger partial charge >= 0.3 is 5.97 Å². The average molecular weight is 331 g/mol. The number of carboxylic acids is 1. The van der Waals surface area contributed by atoms with Crippen LogP contribution in [0, 0.1) is 0 Å². The van der Waals surface area contributed by atoms with Crippen LogP contribution in [0.5, 0.6) is 0 Å². The Balaban J connectivity index is 0.000000177. The van der Waals surface area contributed by atoms with Gasteiger partial charge in [0.2, 0.25) is 0 Å². The highest BCUT2D eigenvalue weighted by Crippen LogP contribution is 2.22. The molecule has 3 nitrogen and oxygen atoms in total. The smallest absolute Gasteiger partial charge is 0.303 e. The van der Waals surface area contributed by atoms with Crippen LogP contribution in [0.3, 0.4) is 0 Å². The maximum Gasteiger partial charge on any atom is 0.303 e. The molecule has 24 heavy (non-hydrogen) atoms. The normalized spacial score (nSPS) is 19.3. The molecule has 0 aromatic heterocycles. The van der Waals surface area contributed by atoms with Crippen LogP contribution in [0.1, 0.15) is 76.2 Å². The fraction of sp³-hybridized carbons (Fsp3) is 0.667. The minimum absolute atomic E-state index is 0.212. The maximum atomic E-state index is 10.2. The van der Waals surface area contributed by atoms with Gasteiger partial charge in [-0.25, -0.2) is 0 Å². The lowest BCUT2D eigenvalue weighted by Gasteiger charge is -2.30. The van der Waals surface area contributed by atoms with Crippen molar-refractivity contribution in [3.8, 4) is 0 Å². The Hall–Kier alpha value is -1.35. The molecular formula is C21H33NO2. The van der Waals surface area contributed by atoms with Gasteiger partial charge in [0.15, 0.2) is 0 Å². The Morgan fingerprint density at radius 3 is 1.83 bits per heavy atom. The van der Waals surface area contributed by atoms with E-state index in [-0.39, 0.29) is 6.42 Å². The zero-order chi connectivity index (χ0) is 17.0. The van der Waals surface area contributed by atoms with E-state index in [0.29, 0.717) is 6.42 Å². The van der Waals surface area contributed by atoms with E-state index in [0.717, 1.165) is 17.6 Å². The summed E-state index contributed by atoms with van der Waals surface area (Å²) in [5.41, 5.74) is 1.08. The van der Waals surface area contributed by atoms with Crippen molar-refractivity contribution in [2.75, 3.05) is 0 Å². The standard InChI is InChI=1S/C12H23N.C9H10O2/c1-3-7-11(8-4-1)13-12-9-5-2-6-10-12;10-9(11)7-6-8-4-2-1-3-5-8/h11-13H,1-10H2;1-5H,6-7H2,(H,10,11). The highest BCUT2D eigenvalue weighted by Gasteiger charge is 2.19. The number of carbonyl (C=O) groups is 1. The van der Waals surface area contributed by atoms with Crippen molar-refractivity contribution in [1.29, 1.82) is 0 Å². The lowest BCUT2D eigenvalue weighted by Crippen LogP contribution is -2.40. The van der Waals surface area contributed by atoms with E-state index >= 15 is 0 Å². The molecule has 0 radical (unpaired) electrons. The predicted molar refractivity (Wildman–Crippen MR) is 99.3 cm³/mol. The van der Waals surface area contributed by atoms with Crippen LogP contribution >= 0.6 is 0 Å². The van der Waals surface area contributed by atoms with Gasteiger partial charge in [-0.2, -0.15) is 0 Å². The minimum atomic E-state index is -0.742. The van der Waals surface area contributed by atoms with Crippen LogP contribution in [0.4, 0.5) is 0 Å². The summed E-state index contributed by atoms with van der Waals surface area (Å²) >= 11 is 0. The first kappa shape index (κ1) is 19.0. The molecule has 2 aliphatic rings. The third-order valence-electron chi connectivity index (χ3n) is 5.15. The number of aryl methyl sites for hydroxylation is 1. The lowest BCUT2D eigenvalue weighted by atomic mass is 9.91.